The Balaban J connectivity index is 1.42. The summed E-state index contributed by atoms with van der Waals surface area (Å²) in [6.45, 7) is 3.46. The number of hydrazine groups is 1. The number of aromatic nitrogens is 1. The molecule has 1 N–H and O–H groups in total. The van der Waals surface area contributed by atoms with Gasteiger partial charge in [0.1, 0.15) is 0 Å². The van der Waals surface area contributed by atoms with Gasteiger partial charge in [-0.15, -0.1) is 0 Å². The van der Waals surface area contributed by atoms with Crippen LogP contribution in [0.4, 0.5) is 5.69 Å². The summed E-state index contributed by atoms with van der Waals surface area (Å²) < 4.78 is 7.35. The van der Waals surface area contributed by atoms with Crippen molar-refractivity contribution in [2.45, 2.75) is 6.42 Å². The van der Waals surface area contributed by atoms with Gasteiger partial charge >= 0.3 is 0 Å². The molecule has 0 atom stereocenters. The zero-order valence-corrected chi connectivity index (χ0v) is 19.1. The summed E-state index contributed by atoms with van der Waals surface area (Å²) in [5.41, 5.74) is 4.01. The van der Waals surface area contributed by atoms with Crippen LogP contribution in [0.5, 0.6) is 0 Å². The molecule has 3 heterocycles. The second kappa shape index (κ2) is 10.3. The summed E-state index contributed by atoms with van der Waals surface area (Å²) in [5, 5.41) is 12.0. The first-order chi connectivity index (χ1) is 15.9. The van der Waals surface area contributed by atoms with Gasteiger partial charge in [0.2, 0.25) is 5.91 Å². The molecule has 1 aromatic heterocycles. The van der Waals surface area contributed by atoms with Gasteiger partial charge in [-0.05, 0) is 42.6 Å². The summed E-state index contributed by atoms with van der Waals surface area (Å²) in [5.74, 6) is -0.686. The third-order valence-electron chi connectivity index (χ3n) is 5.19. The second-order valence-electron chi connectivity index (χ2n) is 7.33. The Bertz CT molecular complexity index is 1110. The van der Waals surface area contributed by atoms with Gasteiger partial charge in [-0.2, -0.15) is 5.01 Å². The fraction of sp³-hybridized carbons (Fsp3) is 0.286. The number of thioether (sulfide) groups is 1. The first-order valence-electron chi connectivity index (χ1n) is 10.2. The van der Waals surface area contributed by atoms with Gasteiger partial charge in [0.05, 0.1) is 23.0 Å². The van der Waals surface area contributed by atoms with Gasteiger partial charge in [-0.1, -0.05) is 11.8 Å². The van der Waals surface area contributed by atoms with Crippen LogP contribution in [-0.2, 0) is 14.3 Å². The number of carbonyl (C=O) groups excluding carboxylic acids is 2. The van der Waals surface area contributed by atoms with Gasteiger partial charge in [0.25, 0.3) is 11.6 Å². The molecule has 2 amide bonds. The van der Waals surface area contributed by atoms with Crippen molar-refractivity contribution in [2.75, 3.05) is 32.8 Å². The number of nitro groups is 1. The molecule has 172 valence electrons. The highest BCUT2D eigenvalue weighted by Gasteiger charge is 2.33. The van der Waals surface area contributed by atoms with Gasteiger partial charge in [-0.3, -0.25) is 30.0 Å². The highest BCUT2D eigenvalue weighted by molar-refractivity contribution is 8.26. The molecule has 0 spiro atoms. The SMILES string of the molecule is O=C(CCN1CCOCC1)NN1C(=O)/C(=C/c2cccn2-c2ccc([N+](=O)[O-])cc2)SC1=S. The molecule has 0 radical (unpaired) electrons. The number of ether oxygens (including phenoxy) is 1. The molecule has 12 heteroatoms. The number of benzene rings is 1. The Morgan fingerprint density at radius 2 is 1.97 bits per heavy atom. The van der Waals surface area contributed by atoms with Crippen molar-refractivity contribution in [3.63, 3.8) is 0 Å². The number of nitro benzene ring substituents is 1. The summed E-state index contributed by atoms with van der Waals surface area (Å²) in [7, 11) is 0. The fourth-order valence-electron chi connectivity index (χ4n) is 3.45. The van der Waals surface area contributed by atoms with E-state index in [9.17, 15) is 19.7 Å². The van der Waals surface area contributed by atoms with E-state index in [1.54, 1.807) is 35.0 Å². The number of hydrogen-bond acceptors (Lipinski definition) is 8. The Hall–Kier alpha value is -3.06. The van der Waals surface area contributed by atoms with Crippen molar-refractivity contribution in [1.82, 2.24) is 19.9 Å². The van der Waals surface area contributed by atoms with Gasteiger partial charge in [-0.25, -0.2) is 0 Å². The van der Waals surface area contributed by atoms with Crippen LogP contribution in [-0.4, -0.2) is 68.4 Å². The zero-order valence-electron chi connectivity index (χ0n) is 17.5. The van der Waals surface area contributed by atoms with Gasteiger partial charge in [0, 0.05) is 55.8 Å². The number of thiocarbonyl (C=S) groups is 1. The van der Waals surface area contributed by atoms with E-state index >= 15 is 0 Å². The molecule has 4 rings (SSSR count). The first kappa shape index (κ1) is 23.1. The molecule has 0 unspecified atom stereocenters. The predicted molar refractivity (Wildman–Crippen MR) is 127 cm³/mol. The van der Waals surface area contributed by atoms with Crippen LogP contribution in [0, 0.1) is 10.1 Å². The predicted octanol–water partition coefficient (Wildman–Crippen LogP) is 2.34. The van der Waals surface area contributed by atoms with Crippen molar-refractivity contribution >= 4 is 51.9 Å². The summed E-state index contributed by atoms with van der Waals surface area (Å²) in [6, 6.07) is 9.73. The third-order valence-corrected chi connectivity index (χ3v) is 6.49. The van der Waals surface area contributed by atoms with Crippen LogP contribution in [0.25, 0.3) is 11.8 Å². The lowest BCUT2D eigenvalue weighted by molar-refractivity contribution is -0.384. The molecular formula is C21H21N5O5S2. The monoisotopic (exact) mass is 487 g/mol. The van der Waals surface area contributed by atoms with Gasteiger partial charge in [0.15, 0.2) is 4.32 Å². The summed E-state index contributed by atoms with van der Waals surface area (Å²) >= 11 is 6.40. The molecule has 0 bridgehead atoms. The maximum Gasteiger partial charge on any atom is 0.285 e. The van der Waals surface area contributed by atoms with Gasteiger partial charge < -0.3 is 9.30 Å². The maximum atomic E-state index is 12.9. The Morgan fingerprint density at radius 3 is 2.67 bits per heavy atom. The lowest BCUT2D eigenvalue weighted by Crippen LogP contribution is -2.46. The maximum absolute atomic E-state index is 12.9. The first-order valence-corrected chi connectivity index (χ1v) is 11.4. The molecule has 2 fully saturated rings. The molecular weight excluding hydrogens is 466 g/mol. The lowest BCUT2D eigenvalue weighted by atomic mass is 10.2. The average molecular weight is 488 g/mol. The number of non-ortho nitro benzene ring substituents is 1. The number of amides is 2. The standard InChI is InChI=1S/C21H21N5O5S2/c27-19(7-9-23-10-12-31-13-11-23)22-25-20(28)18(33-21(25)32)14-17-2-1-8-24(17)15-3-5-16(6-4-15)26(29)30/h1-6,8,14H,7,9-13H2,(H,22,27)/b18-14-. The molecule has 33 heavy (non-hydrogen) atoms. The number of carbonyl (C=O) groups is 2. The van der Waals surface area contributed by atoms with E-state index in [2.05, 4.69) is 10.3 Å². The smallest absolute Gasteiger partial charge is 0.285 e. The number of nitrogens with one attached hydrogen (secondary N) is 1. The Morgan fingerprint density at radius 1 is 1.24 bits per heavy atom. The fourth-order valence-corrected chi connectivity index (χ4v) is 4.61. The van der Waals surface area contributed by atoms with E-state index in [1.165, 1.54) is 12.1 Å². The summed E-state index contributed by atoms with van der Waals surface area (Å²) in [4.78, 5) is 38.2. The van der Waals surface area contributed by atoms with Crippen molar-refractivity contribution in [3.8, 4) is 5.69 Å². The molecule has 0 saturated carbocycles. The van der Waals surface area contributed by atoms with Crippen molar-refractivity contribution in [2.24, 2.45) is 0 Å². The van der Waals surface area contributed by atoms with E-state index in [0.29, 0.717) is 36.0 Å². The molecule has 2 aliphatic heterocycles. The quantitative estimate of drug-likeness (QED) is 0.274. The van der Waals surface area contributed by atoms with Crippen molar-refractivity contribution < 1.29 is 19.2 Å². The molecule has 1 aromatic carbocycles. The molecule has 2 aliphatic rings. The van der Waals surface area contributed by atoms with E-state index in [-0.39, 0.29) is 22.3 Å². The molecule has 0 aliphatic carbocycles. The zero-order chi connectivity index (χ0) is 23.4. The van der Waals surface area contributed by atoms with Crippen LogP contribution >= 0.6 is 24.0 Å². The second-order valence-corrected chi connectivity index (χ2v) is 9.01. The third kappa shape index (κ3) is 5.47. The highest BCUT2D eigenvalue weighted by Crippen LogP contribution is 2.32. The van der Waals surface area contributed by atoms with E-state index in [4.69, 9.17) is 17.0 Å². The van der Waals surface area contributed by atoms with Crippen LogP contribution in [0.2, 0.25) is 0 Å². The van der Waals surface area contributed by atoms with E-state index in [1.807, 2.05) is 6.07 Å². The minimum atomic E-state index is -0.457. The number of rotatable bonds is 7. The van der Waals surface area contributed by atoms with Crippen molar-refractivity contribution in [1.29, 1.82) is 0 Å². The van der Waals surface area contributed by atoms with Crippen LogP contribution in [0.15, 0.2) is 47.5 Å². The summed E-state index contributed by atoms with van der Waals surface area (Å²) in [6.07, 6.45) is 3.72. The highest BCUT2D eigenvalue weighted by atomic mass is 32.2. The molecule has 10 nitrogen and oxygen atoms in total. The van der Waals surface area contributed by atoms with E-state index < -0.39 is 10.8 Å². The largest absolute Gasteiger partial charge is 0.379 e. The average Bonchev–Trinajstić information content (AvgIpc) is 3.38. The van der Waals surface area contributed by atoms with Crippen LogP contribution in [0.1, 0.15) is 12.1 Å². The normalized spacial score (nSPS) is 18.2. The minimum Gasteiger partial charge on any atom is -0.379 e. The van der Waals surface area contributed by atoms with E-state index in [0.717, 1.165) is 29.9 Å². The Kier molecular flexibility index (Phi) is 7.18. The van der Waals surface area contributed by atoms with Crippen molar-refractivity contribution in [3.05, 3.63) is 63.3 Å². The molecule has 2 saturated heterocycles. The number of hydrogen-bond donors (Lipinski definition) is 1. The van der Waals surface area contributed by atoms with Crippen LogP contribution in [0.3, 0.4) is 0 Å². The topological polar surface area (TPSA) is 110 Å². The van der Waals surface area contributed by atoms with Crippen LogP contribution < -0.4 is 5.43 Å². The lowest BCUT2D eigenvalue weighted by Gasteiger charge is -2.26. The number of morpholine rings is 1. The minimum absolute atomic E-state index is 0.00214. The Labute approximate surface area is 199 Å². The number of nitrogens with zero attached hydrogens (tertiary/aromatic N) is 4. The molecule has 2 aromatic rings.